The van der Waals surface area contributed by atoms with Crippen molar-refractivity contribution in [2.45, 2.75) is 38.9 Å². The minimum absolute atomic E-state index is 0.0928. The maximum atomic E-state index is 13.0. The highest BCUT2D eigenvalue weighted by Crippen LogP contribution is 2.41. The molecule has 1 amide bonds. The molecule has 2 N–H and O–H groups in total. The Bertz CT molecular complexity index is 773. The third-order valence-corrected chi connectivity index (χ3v) is 4.73. The van der Waals surface area contributed by atoms with E-state index in [4.69, 9.17) is 0 Å². The molecule has 1 unspecified atom stereocenters. The van der Waals surface area contributed by atoms with Crippen LogP contribution in [-0.2, 0) is 0 Å². The summed E-state index contributed by atoms with van der Waals surface area (Å²) in [6.07, 6.45) is 1.94. The van der Waals surface area contributed by atoms with Crippen molar-refractivity contribution in [3.8, 4) is 5.75 Å². The highest BCUT2D eigenvalue weighted by molar-refractivity contribution is 6.02. The molecule has 0 radical (unpaired) electrons. The summed E-state index contributed by atoms with van der Waals surface area (Å²) in [4.78, 5) is 14.9. The topological polar surface area (TPSA) is 52.6 Å². The molecule has 0 bridgehead atoms. The number of para-hydroxylation sites is 1. The van der Waals surface area contributed by atoms with Crippen LogP contribution in [0.2, 0.25) is 0 Å². The first-order valence-electron chi connectivity index (χ1n) is 8.04. The van der Waals surface area contributed by atoms with Gasteiger partial charge in [0.25, 0.3) is 5.91 Å². The summed E-state index contributed by atoms with van der Waals surface area (Å²) in [5.74, 6) is 0.421. The number of aromatic hydroxyl groups is 1. The van der Waals surface area contributed by atoms with Gasteiger partial charge in [-0.2, -0.15) is 0 Å². The molecule has 4 heteroatoms. The SMILES string of the molecule is Cc1cc(C2Nc3ccccc3C(=O)N2C2CC2)cc(C)c1O. The number of nitrogens with zero attached hydrogens (tertiary/aromatic N) is 1. The molecular formula is C19H20N2O2. The molecule has 23 heavy (non-hydrogen) atoms. The molecule has 1 heterocycles. The third-order valence-electron chi connectivity index (χ3n) is 4.73. The second-order valence-electron chi connectivity index (χ2n) is 6.54. The number of amides is 1. The number of benzene rings is 2. The van der Waals surface area contributed by atoms with Crippen LogP contribution in [0.4, 0.5) is 5.69 Å². The van der Waals surface area contributed by atoms with Crippen LogP contribution in [0.3, 0.4) is 0 Å². The number of phenolic OH excluding ortho intramolecular Hbond substituents is 1. The van der Waals surface area contributed by atoms with Gasteiger partial charge in [-0.1, -0.05) is 12.1 Å². The van der Waals surface area contributed by atoms with Crippen molar-refractivity contribution < 1.29 is 9.90 Å². The van der Waals surface area contributed by atoms with Crippen LogP contribution in [-0.4, -0.2) is 22.0 Å². The fourth-order valence-electron chi connectivity index (χ4n) is 3.39. The van der Waals surface area contributed by atoms with Gasteiger partial charge >= 0.3 is 0 Å². The molecule has 4 nitrogen and oxygen atoms in total. The zero-order valence-corrected chi connectivity index (χ0v) is 13.3. The maximum Gasteiger partial charge on any atom is 0.258 e. The zero-order chi connectivity index (χ0) is 16.1. The van der Waals surface area contributed by atoms with Gasteiger partial charge in [0.15, 0.2) is 0 Å². The van der Waals surface area contributed by atoms with Crippen molar-refractivity contribution in [3.63, 3.8) is 0 Å². The lowest BCUT2D eigenvalue weighted by Crippen LogP contribution is -2.44. The number of aryl methyl sites for hydroxylation is 2. The number of carbonyl (C=O) groups excluding carboxylic acids is 1. The molecule has 1 saturated carbocycles. The number of nitrogens with one attached hydrogen (secondary N) is 1. The van der Waals surface area contributed by atoms with Crippen molar-refractivity contribution in [2.75, 3.05) is 5.32 Å². The zero-order valence-electron chi connectivity index (χ0n) is 13.3. The fourth-order valence-corrected chi connectivity index (χ4v) is 3.39. The predicted molar refractivity (Wildman–Crippen MR) is 89.6 cm³/mol. The molecule has 0 saturated heterocycles. The van der Waals surface area contributed by atoms with E-state index in [0.29, 0.717) is 11.8 Å². The van der Waals surface area contributed by atoms with Gasteiger partial charge in [-0.3, -0.25) is 4.79 Å². The van der Waals surface area contributed by atoms with Crippen molar-refractivity contribution in [1.29, 1.82) is 0 Å². The Hall–Kier alpha value is -2.49. The second-order valence-corrected chi connectivity index (χ2v) is 6.54. The van der Waals surface area contributed by atoms with E-state index in [1.807, 2.05) is 55.1 Å². The monoisotopic (exact) mass is 308 g/mol. The summed E-state index contributed by atoms with van der Waals surface area (Å²) >= 11 is 0. The lowest BCUT2D eigenvalue weighted by molar-refractivity contribution is 0.0666. The predicted octanol–water partition coefficient (Wildman–Crippen LogP) is 3.74. The normalized spacial score (nSPS) is 20.2. The van der Waals surface area contributed by atoms with Gasteiger partial charge in [0.1, 0.15) is 11.9 Å². The molecule has 118 valence electrons. The van der Waals surface area contributed by atoms with Crippen molar-refractivity contribution >= 4 is 11.6 Å². The summed E-state index contributed by atoms with van der Waals surface area (Å²) in [5, 5.41) is 13.5. The lowest BCUT2D eigenvalue weighted by Gasteiger charge is -2.38. The number of phenols is 1. The van der Waals surface area contributed by atoms with E-state index in [2.05, 4.69) is 5.32 Å². The number of rotatable bonds is 2. The van der Waals surface area contributed by atoms with Crippen molar-refractivity contribution in [3.05, 3.63) is 58.7 Å². The lowest BCUT2D eigenvalue weighted by atomic mass is 9.99. The van der Waals surface area contributed by atoms with Gasteiger partial charge in [0, 0.05) is 11.7 Å². The van der Waals surface area contributed by atoms with E-state index in [1.54, 1.807) is 0 Å². The summed E-state index contributed by atoms with van der Waals surface area (Å²) < 4.78 is 0. The summed E-state index contributed by atoms with van der Waals surface area (Å²) in [7, 11) is 0. The number of hydrogen-bond acceptors (Lipinski definition) is 3. The van der Waals surface area contributed by atoms with Gasteiger partial charge in [0.2, 0.25) is 0 Å². The van der Waals surface area contributed by atoms with Crippen LogP contribution in [0.25, 0.3) is 0 Å². The Labute approximate surface area is 135 Å². The summed E-state index contributed by atoms with van der Waals surface area (Å²) in [6, 6.07) is 11.9. The van der Waals surface area contributed by atoms with Gasteiger partial charge < -0.3 is 15.3 Å². The molecule has 1 aliphatic carbocycles. The smallest absolute Gasteiger partial charge is 0.258 e. The Morgan fingerprint density at radius 1 is 1.13 bits per heavy atom. The van der Waals surface area contributed by atoms with Crippen LogP contribution in [0.1, 0.15) is 46.1 Å². The fraction of sp³-hybridized carbons (Fsp3) is 0.316. The molecule has 2 aromatic carbocycles. The van der Waals surface area contributed by atoms with E-state index in [0.717, 1.165) is 40.8 Å². The number of carbonyl (C=O) groups is 1. The Morgan fingerprint density at radius 2 is 1.78 bits per heavy atom. The number of fused-ring (bicyclic) bond motifs is 1. The maximum absolute atomic E-state index is 13.0. The van der Waals surface area contributed by atoms with Crippen molar-refractivity contribution in [1.82, 2.24) is 4.90 Å². The summed E-state index contributed by atoms with van der Waals surface area (Å²) in [6.45, 7) is 3.79. The first-order valence-corrected chi connectivity index (χ1v) is 8.04. The molecule has 0 spiro atoms. The first kappa shape index (κ1) is 14.1. The Kier molecular flexibility index (Phi) is 3.08. The average Bonchev–Trinajstić information content (AvgIpc) is 3.36. The molecular weight excluding hydrogens is 288 g/mol. The molecule has 1 atom stereocenters. The molecule has 2 aliphatic rings. The summed E-state index contributed by atoms with van der Waals surface area (Å²) in [5.41, 5.74) is 4.31. The van der Waals surface area contributed by atoms with Crippen LogP contribution >= 0.6 is 0 Å². The van der Waals surface area contributed by atoms with Crippen LogP contribution in [0.15, 0.2) is 36.4 Å². The quantitative estimate of drug-likeness (QED) is 0.888. The minimum atomic E-state index is -0.178. The highest BCUT2D eigenvalue weighted by atomic mass is 16.3. The van der Waals surface area contributed by atoms with Gasteiger partial charge in [-0.05, 0) is 67.6 Å². The third kappa shape index (κ3) is 2.25. The highest BCUT2D eigenvalue weighted by Gasteiger charge is 2.42. The number of anilines is 1. The minimum Gasteiger partial charge on any atom is -0.507 e. The number of hydrogen-bond donors (Lipinski definition) is 2. The first-order chi connectivity index (χ1) is 11.1. The molecule has 2 aromatic rings. The van der Waals surface area contributed by atoms with Crippen LogP contribution in [0, 0.1) is 13.8 Å². The van der Waals surface area contributed by atoms with Gasteiger partial charge in [-0.25, -0.2) is 0 Å². The van der Waals surface area contributed by atoms with Gasteiger partial charge in [-0.15, -0.1) is 0 Å². The standard InChI is InChI=1S/C19H20N2O2/c1-11-9-13(10-12(2)17(11)22)18-20-16-6-4-3-5-15(16)19(23)21(18)14-7-8-14/h3-6,9-10,14,18,20,22H,7-8H2,1-2H3. The van der Waals surface area contributed by atoms with Crippen molar-refractivity contribution in [2.24, 2.45) is 0 Å². The molecule has 1 fully saturated rings. The van der Waals surface area contributed by atoms with Crippen LogP contribution in [0.5, 0.6) is 5.75 Å². The van der Waals surface area contributed by atoms with E-state index in [9.17, 15) is 9.90 Å². The Balaban J connectivity index is 1.82. The van der Waals surface area contributed by atoms with E-state index < -0.39 is 0 Å². The average molecular weight is 308 g/mol. The van der Waals surface area contributed by atoms with E-state index in [1.165, 1.54) is 0 Å². The van der Waals surface area contributed by atoms with Gasteiger partial charge in [0.05, 0.1) is 5.56 Å². The Morgan fingerprint density at radius 3 is 2.43 bits per heavy atom. The molecule has 0 aromatic heterocycles. The second kappa shape index (κ2) is 5.01. The van der Waals surface area contributed by atoms with E-state index in [-0.39, 0.29) is 12.1 Å². The molecule has 1 aliphatic heterocycles. The molecule has 4 rings (SSSR count). The largest absolute Gasteiger partial charge is 0.507 e. The van der Waals surface area contributed by atoms with Crippen LogP contribution < -0.4 is 5.32 Å². The van der Waals surface area contributed by atoms with E-state index >= 15 is 0 Å².